The molecule has 0 aliphatic rings. The largest absolute Gasteiger partial charge is 0.490 e. The van der Waals surface area contributed by atoms with E-state index in [2.05, 4.69) is 13.2 Å². The van der Waals surface area contributed by atoms with Crippen molar-refractivity contribution in [1.29, 1.82) is 0 Å². The minimum atomic E-state index is -2.18. The van der Waals surface area contributed by atoms with E-state index in [0.717, 1.165) is 12.2 Å². The first-order chi connectivity index (χ1) is 14.5. The molecule has 8 heteroatoms. The van der Waals surface area contributed by atoms with Gasteiger partial charge in [-0.25, -0.2) is 9.59 Å². The number of hydrogen-bond donors (Lipinski definition) is 0. The van der Waals surface area contributed by atoms with Crippen LogP contribution in [-0.4, -0.2) is 38.4 Å². The second kappa shape index (κ2) is 12.3. The molecule has 0 amide bonds. The van der Waals surface area contributed by atoms with E-state index in [-0.39, 0.29) is 26.4 Å². The van der Waals surface area contributed by atoms with E-state index in [0.29, 0.717) is 22.1 Å². The number of carbonyl (C=O) groups is 2. The monoisotopic (exact) mass is 430 g/mol. The molecule has 158 valence electrons. The average Bonchev–Trinajstić information content (AvgIpc) is 2.79. The van der Waals surface area contributed by atoms with Crippen LogP contribution in [0.5, 0.6) is 11.5 Å². The molecule has 2 aromatic rings. The number of esters is 2. The predicted molar refractivity (Wildman–Crippen MR) is 114 cm³/mol. The Balaban J connectivity index is 1.82. The minimum absolute atomic E-state index is 0.119. The zero-order chi connectivity index (χ0) is 21.8. The maximum absolute atomic E-state index is 12.8. The third kappa shape index (κ3) is 7.60. The summed E-state index contributed by atoms with van der Waals surface area (Å²) in [6, 6.07) is 13.8. The smallest absolute Gasteiger partial charge is 0.330 e. The van der Waals surface area contributed by atoms with E-state index in [1.54, 1.807) is 48.5 Å². The lowest BCUT2D eigenvalue weighted by Crippen LogP contribution is -2.11. The number of rotatable bonds is 12. The van der Waals surface area contributed by atoms with Gasteiger partial charge < -0.3 is 23.5 Å². The molecule has 0 saturated carbocycles. The van der Waals surface area contributed by atoms with Crippen molar-refractivity contribution in [3.63, 3.8) is 0 Å². The van der Waals surface area contributed by atoms with E-state index in [9.17, 15) is 14.2 Å². The fourth-order valence-corrected chi connectivity index (χ4v) is 3.57. The van der Waals surface area contributed by atoms with Crippen LogP contribution in [0.2, 0.25) is 0 Å². The van der Waals surface area contributed by atoms with Gasteiger partial charge in [0.15, 0.2) is 0 Å². The molecule has 0 aliphatic carbocycles. The van der Waals surface area contributed by atoms with E-state index in [1.165, 1.54) is 0 Å². The molecule has 2 rings (SSSR count). The van der Waals surface area contributed by atoms with E-state index in [1.807, 2.05) is 0 Å². The maximum atomic E-state index is 12.8. The van der Waals surface area contributed by atoms with Gasteiger partial charge in [0.1, 0.15) is 45.7 Å². The summed E-state index contributed by atoms with van der Waals surface area (Å²) in [4.78, 5) is 21.9. The van der Waals surface area contributed by atoms with Crippen molar-refractivity contribution in [2.45, 2.75) is 0 Å². The molecule has 0 aromatic heterocycles. The fourth-order valence-electron chi connectivity index (χ4n) is 2.29. The molecule has 0 radical (unpaired) electrons. The molecule has 0 atom stereocenters. The number of ether oxygens (including phenoxy) is 4. The van der Waals surface area contributed by atoms with Gasteiger partial charge in [-0.1, -0.05) is 13.2 Å². The lowest BCUT2D eigenvalue weighted by molar-refractivity contribution is -0.139. The average molecular weight is 430 g/mol. The van der Waals surface area contributed by atoms with Crippen molar-refractivity contribution in [2.75, 3.05) is 26.4 Å². The van der Waals surface area contributed by atoms with Gasteiger partial charge in [-0.15, -0.1) is 0 Å². The van der Waals surface area contributed by atoms with Crippen LogP contribution in [0.15, 0.2) is 73.8 Å². The van der Waals surface area contributed by atoms with E-state index in [4.69, 9.17) is 18.9 Å². The summed E-state index contributed by atoms with van der Waals surface area (Å²) in [5.41, 5.74) is 0. The van der Waals surface area contributed by atoms with E-state index < -0.39 is 19.7 Å². The zero-order valence-corrected chi connectivity index (χ0v) is 17.4. The summed E-state index contributed by atoms with van der Waals surface area (Å²) < 4.78 is 33.4. The van der Waals surface area contributed by atoms with Gasteiger partial charge in [-0.3, -0.25) is 0 Å². The van der Waals surface area contributed by atoms with Crippen LogP contribution in [0.3, 0.4) is 0 Å². The Morgan fingerprint density at radius 1 is 0.700 bits per heavy atom. The third-order valence-electron chi connectivity index (χ3n) is 3.76. The summed E-state index contributed by atoms with van der Waals surface area (Å²) in [5, 5.41) is 1.38. The highest BCUT2D eigenvalue weighted by atomic mass is 31.1. The van der Waals surface area contributed by atoms with Gasteiger partial charge in [0.05, 0.1) is 0 Å². The molecule has 2 aromatic carbocycles. The second-order valence-electron chi connectivity index (χ2n) is 5.82. The molecule has 0 bridgehead atoms. The van der Waals surface area contributed by atoms with Crippen LogP contribution in [0.4, 0.5) is 0 Å². The zero-order valence-electron chi connectivity index (χ0n) is 16.4. The fraction of sp³-hybridized carbons (Fsp3) is 0.182. The topological polar surface area (TPSA) is 88.1 Å². The first-order valence-electron chi connectivity index (χ1n) is 9.12. The lowest BCUT2D eigenvalue weighted by atomic mass is 10.3. The Bertz CT molecular complexity index is 815. The lowest BCUT2D eigenvalue weighted by Gasteiger charge is -2.09. The van der Waals surface area contributed by atoms with Crippen molar-refractivity contribution in [3.8, 4) is 11.5 Å². The Labute approximate surface area is 175 Å². The molecule has 0 N–H and O–H groups in total. The summed E-state index contributed by atoms with van der Waals surface area (Å²) >= 11 is 0. The van der Waals surface area contributed by atoms with Gasteiger partial charge in [0.2, 0.25) is 0 Å². The number of hydrogen-bond acceptors (Lipinski definition) is 7. The highest BCUT2D eigenvalue weighted by molar-refractivity contribution is 7.61. The molecular weight excluding hydrogens is 407 g/mol. The van der Waals surface area contributed by atoms with Crippen molar-refractivity contribution < 1.29 is 33.1 Å². The van der Waals surface area contributed by atoms with Crippen LogP contribution < -0.4 is 20.1 Å². The molecule has 0 aliphatic heterocycles. The van der Waals surface area contributed by atoms with Crippen molar-refractivity contribution in [1.82, 2.24) is 0 Å². The van der Waals surface area contributed by atoms with Gasteiger partial charge in [0, 0.05) is 22.8 Å². The van der Waals surface area contributed by atoms with Crippen LogP contribution in [-0.2, 0) is 23.6 Å². The molecule has 7 nitrogen and oxygen atoms in total. The molecule has 0 saturated heterocycles. The third-order valence-corrected chi connectivity index (χ3v) is 5.47. The summed E-state index contributed by atoms with van der Waals surface area (Å²) in [7, 11) is -2.18. The molecule has 0 fully saturated rings. The molecule has 0 unspecified atom stereocenters. The van der Waals surface area contributed by atoms with Gasteiger partial charge in [0.25, 0.3) is 0 Å². The highest BCUT2D eigenvalue weighted by Crippen LogP contribution is 2.22. The second-order valence-corrected chi connectivity index (χ2v) is 7.63. The molecule has 0 heterocycles. The first-order valence-corrected chi connectivity index (χ1v) is 10.5. The van der Waals surface area contributed by atoms with Crippen molar-refractivity contribution in [2.24, 2.45) is 0 Å². The quantitative estimate of drug-likeness (QED) is 0.221. The summed E-state index contributed by atoms with van der Waals surface area (Å²) in [5.74, 6) is 0.174. The predicted octanol–water partition coefficient (Wildman–Crippen LogP) is 2.41. The Hall–Kier alpha value is -3.31. The summed E-state index contributed by atoms with van der Waals surface area (Å²) in [6.07, 6.45) is 2.18. The SMILES string of the molecule is C=CC(=O)OCCOc1ccc([PH](=O)c2ccc(OCCOC(=O)C=C)cc2)cc1. The van der Waals surface area contributed by atoms with Crippen LogP contribution >= 0.6 is 7.80 Å². The highest BCUT2D eigenvalue weighted by Gasteiger charge is 2.08. The minimum Gasteiger partial charge on any atom is -0.490 e. The Morgan fingerprint density at radius 2 is 1.07 bits per heavy atom. The van der Waals surface area contributed by atoms with Crippen molar-refractivity contribution >= 4 is 30.3 Å². The Morgan fingerprint density at radius 3 is 1.40 bits per heavy atom. The van der Waals surface area contributed by atoms with Gasteiger partial charge in [-0.05, 0) is 48.5 Å². The Kier molecular flexibility index (Phi) is 9.42. The van der Waals surface area contributed by atoms with Gasteiger partial charge in [-0.2, -0.15) is 0 Å². The molecule has 0 spiro atoms. The van der Waals surface area contributed by atoms with Gasteiger partial charge >= 0.3 is 11.9 Å². The first kappa shape index (κ1) is 23.0. The summed E-state index contributed by atoms with van der Waals surface area (Å²) in [6.45, 7) is 7.28. The molecular formula is C22H23O7P. The molecule has 30 heavy (non-hydrogen) atoms. The number of benzene rings is 2. The maximum Gasteiger partial charge on any atom is 0.330 e. The van der Waals surface area contributed by atoms with Crippen molar-refractivity contribution in [3.05, 3.63) is 73.8 Å². The van der Waals surface area contributed by atoms with Crippen LogP contribution in [0.1, 0.15) is 0 Å². The van der Waals surface area contributed by atoms with Crippen LogP contribution in [0.25, 0.3) is 0 Å². The normalized spacial score (nSPS) is 10.2. The number of carbonyl (C=O) groups excluding carboxylic acids is 2. The standard InChI is InChI=1S/C22H23O7P/c1-3-21(23)28-15-13-26-17-5-9-19(10-6-17)30(25)20-11-7-18(8-12-20)27-14-16-29-22(24)4-2/h3-12,30H,1-2,13-16H2. The van der Waals surface area contributed by atoms with Crippen LogP contribution in [0, 0.1) is 0 Å². The van der Waals surface area contributed by atoms with E-state index >= 15 is 0 Å².